The zero-order valence-electron chi connectivity index (χ0n) is 12.2. The molecule has 0 bridgehead atoms. The van der Waals surface area contributed by atoms with E-state index in [0.717, 1.165) is 28.9 Å². The van der Waals surface area contributed by atoms with Gasteiger partial charge in [-0.15, -0.1) is 0 Å². The molecule has 1 N–H and O–H groups in total. The van der Waals surface area contributed by atoms with Crippen LogP contribution in [0.25, 0.3) is 10.8 Å². The van der Waals surface area contributed by atoms with E-state index in [4.69, 9.17) is 0 Å². The maximum Gasteiger partial charge on any atom is 0.257 e. The number of alkyl halides is 1. The number of unbranched alkanes of at least 4 members (excludes halogenated alkanes) is 1. The molecule has 0 aliphatic heterocycles. The van der Waals surface area contributed by atoms with Gasteiger partial charge in [0.1, 0.15) is 5.75 Å². The van der Waals surface area contributed by atoms with E-state index in [1.807, 2.05) is 30.3 Å². The highest BCUT2D eigenvalue weighted by Gasteiger charge is 2.19. The Bertz CT molecular complexity index is 627. The Morgan fingerprint density at radius 3 is 2.67 bits per heavy atom. The molecule has 2 aromatic carbocycles. The van der Waals surface area contributed by atoms with Crippen molar-refractivity contribution in [3.8, 4) is 5.75 Å². The number of amides is 1. The lowest BCUT2D eigenvalue weighted by atomic mass is 10.0. The van der Waals surface area contributed by atoms with E-state index in [1.54, 1.807) is 11.0 Å². The number of nitrogens with zero attached hydrogens (tertiary/aromatic N) is 1. The molecule has 0 heterocycles. The Morgan fingerprint density at radius 1 is 1.19 bits per heavy atom. The van der Waals surface area contributed by atoms with Crippen LogP contribution in [0.1, 0.15) is 30.1 Å². The highest BCUT2D eigenvalue weighted by Crippen LogP contribution is 2.29. The van der Waals surface area contributed by atoms with Gasteiger partial charge in [-0.05, 0) is 17.9 Å². The standard InChI is InChI=1S/C17H20BrNO2/c1-2-3-11-19(12-10-18)17(21)15-9-8-13-6-4-5-7-14(13)16(15)20/h4-9,20H,2-3,10-12H2,1H3. The van der Waals surface area contributed by atoms with Crippen LogP contribution in [-0.4, -0.2) is 34.3 Å². The molecule has 0 aromatic heterocycles. The van der Waals surface area contributed by atoms with Crippen molar-refractivity contribution in [1.29, 1.82) is 0 Å². The van der Waals surface area contributed by atoms with Gasteiger partial charge in [0.05, 0.1) is 5.56 Å². The van der Waals surface area contributed by atoms with Crippen LogP contribution in [0, 0.1) is 0 Å². The van der Waals surface area contributed by atoms with Crippen LogP contribution >= 0.6 is 15.9 Å². The van der Waals surface area contributed by atoms with Crippen molar-refractivity contribution in [2.24, 2.45) is 0 Å². The number of hydrogen-bond donors (Lipinski definition) is 1. The van der Waals surface area contributed by atoms with Gasteiger partial charge >= 0.3 is 0 Å². The number of phenols is 1. The minimum Gasteiger partial charge on any atom is -0.506 e. The second-order valence-electron chi connectivity index (χ2n) is 5.02. The zero-order chi connectivity index (χ0) is 15.2. The fourth-order valence-corrected chi connectivity index (χ4v) is 2.79. The largest absolute Gasteiger partial charge is 0.506 e. The van der Waals surface area contributed by atoms with Gasteiger partial charge in [-0.3, -0.25) is 4.79 Å². The third kappa shape index (κ3) is 3.56. The normalized spacial score (nSPS) is 10.8. The topological polar surface area (TPSA) is 40.5 Å². The molecular formula is C17H20BrNO2. The van der Waals surface area contributed by atoms with Crippen LogP contribution in [0.4, 0.5) is 0 Å². The number of benzene rings is 2. The molecule has 112 valence electrons. The minimum absolute atomic E-state index is 0.0779. The summed E-state index contributed by atoms with van der Waals surface area (Å²) in [4.78, 5) is 14.4. The van der Waals surface area contributed by atoms with Crippen molar-refractivity contribution < 1.29 is 9.90 Å². The summed E-state index contributed by atoms with van der Waals surface area (Å²) in [5.41, 5.74) is 0.380. The lowest BCUT2D eigenvalue weighted by Crippen LogP contribution is -2.33. The first-order valence-electron chi connectivity index (χ1n) is 7.25. The van der Waals surface area contributed by atoms with E-state index >= 15 is 0 Å². The third-order valence-electron chi connectivity index (χ3n) is 3.55. The molecule has 0 aliphatic rings. The molecule has 2 aromatic rings. The van der Waals surface area contributed by atoms with Crippen LogP contribution < -0.4 is 0 Å². The molecule has 2 rings (SSSR count). The predicted octanol–water partition coefficient (Wildman–Crippen LogP) is 4.18. The zero-order valence-corrected chi connectivity index (χ0v) is 13.8. The van der Waals surface area contributed by atoms with E-state index in [2.05, 4.69) is 22.9 Å². The van der Waals surface area contributed by atoms with E-state index < -0.39 is 0 Å². The van der Waals surface area contributed by atoms with Gasteiger partial charge in [0.15, 0.2) is 0 Å². The van der Waals surface area contributed by atoms with Crippen LogP contribution in [0.2, 0.25) is 0 Å². The molecule has 0 unspecified atom stereocenters. The number of aromatic hydroxyl groups is 1. The number of fused-ring (bicyclic) bond motifs is 1. The van der Waals surface area contributed by atoms with Crippen molar-refractivity contribution in [2.45, 2.75) is 19.8 Å². The molecule has 0 saturated carbocycles. The second kappa shape index (κ2) is 7.46. The SMILES string of the molecule is CCCCN(CCBr)C(=O)c1ccc2ccccc2c1O. The molecule has 3 nitrogen and oxygen atoms in total. The van der Waals surface area contributed by atoms with E-state index in [1.165, 1.54) is 0 Å². The molecule has 21 heavy (non-hydrogen) atoms. The molecule has 4 heteroatoms. The molecule has 0 spiro atoms. The molecule has 0 radical (unpaired) electrons. The van der Waals surface area contributed by atoms with Gasteiger partial charge in [0, 0.05) is 23.8 Å². The van der Waals surface area contributed by atoms with E-state index in [9.17, 15) is 9.90 Å². The number of phenolic OH excluding ortho intramolecular Hbond substituents is 1. The van der Waals surface area contributed by atoms with Crippen molar-refractivity contribution in [2.75, 3.05) is 18.4 Å². The molecule has 0 atom stereocenters. The Balaban J connectivity index is 2.34. The van der Waals surface area contributed by atoms with Crippen LogP contribution in [0.3, 0.4) is 0 Å². The van der Waals surface area contributed by atoms with Gasteiger partial charge in [-0.1, -0.05) is 59.6 Å². The first-order chi connectivity index (χ1) is 10.2. The fourth-order valence-electron chi connectivity index (χ4n) is 2.36. The molecule has 0 aliphatic carbocycles. The summed E-state index contributed by atoms with van der Waals surface area (Å²) in [7, 11) is 0. The van der Waals surface area contributed by atoms with Crippen molar-refractivity contribution in [3.63, 3.8) is 0 Å². The summed E-state index contributed by atoms with van der Waals surface area (Å²) in [5.74, 6) is -0.0275. The Hall–Kier alpha value is -1.55. The number of hydrogen-bond acceptors (Lipinski definition) is 2. The van der Waals surface area contributed by atoms with Crippen LogP contribution in [0.15, 0.2) is 36.4 Å². The Morgan fingerprint density at radius 2 is 1.95 bits per heavy atom. The first-order valence-corrected chi connectivity index (χ1v) is 8.37. The Labute approximate surface area is 133 Å². The van der Waals surface area contributed by atoms with E-state index in [-0.39, 0.29) is 11.7 Å². The highest BCUT2D eigenvalue weighted by atomic mass is 79.9. The molecule has 0 saturated heterocycles. The summed E-state index contributed by atoms with van der Waals surface area (Å²) >= 11 is 3.38. The lowest BCUT2D eigenvalue weighted by Gasteiger charge is -2.22. The van der Waals surface area contributed by atoms with E-state index in [0.29, 0.717) is 18.7 Å². The highest BCUT2D eigenvalue weighted by molar-refractivity contribution is 9.09. The maximum absolute atomic E-state index is 12.7. The predicted molar refractivity (Wildman–Crippen MR) is 90.2 cm³/mol. The van der Waals surface area contributed by atoms with Crippen LogP contribution in [-0.2, 0) is 0 Å². The summed E-state index contributed by atoms with van der Waals surface area (Å²) in [6, 6.07) is 11.1. The van der Waals surface area contributed by atoms with Gasteiger partial charge in [-0.25, -0.2) is 0 Å². The monoisotopic (exact) mass is 349 g/mol. The minimum atomic E-state index is -0.105. The molecule has 1 amide bonds. The fraction of sp³-hybridized carbons (Fsp3) is 0.353. The number of carbonyl (C=O) groups excluding carboxylic acids is 1. The average Bonchev–Trinajstić information content (AvgIpc) is 2.51. The van der Waals surface area contributed by atoms with Gasteiger partial charge in [-0.2, -0.15) is 0 Å². The summed E-state index contributed by atoms with van der Waals surface area (Å²) < 4.78 is 0. The average molecular weight is 350 g/mol. The summed E-state index contributed by atoms with van der Waals surface area (Å²) in [6.45, 7) is 3.46. The van der Waals surface area contributed by atoms with Crippen molar-refractivity contribution in [1.82, 2.24) is 4.90 Å². The Kier molecular flexibility index (Phi) is 5.62. The first kappa shape index (κ1) is 15.8. The van der Waals surface area contributed by atoms with Crippen molar-refractivity contribution in [3.05, 3.63) is 42.0 Å². The third-order valence-corrected chi connectivity index (χ3v) is 3.91. The van der Waals surface area contributed by atoms with Gasteiger partial charge < -0.3 is 10.0 Å². The smallest absolute Gasteiger partial charge is 0.257 e. The summed E-state index contributed by atoms with van der Waals surface area (Å²) in [5, 5.41) is 12.8. The van der Waals surface area contributed by atoms with Crippen LogP contribution in [0.5, 0.6) is 5.75 Å². The lowest BCUT2D eigenvalue weighted by molar-refractivity contribution is 0.0761. The second-order valence-corrected chi connectivity index (χ2v) is 5.81. The maximum atomic E-state index is 12.7. The van der Waals surface area contributed by atoms with Gasteiger partial charge in [0.2, 0.25) is 0 Å². The quantitative estimate of drug-likeness (QED) is 0.794. The number of carbonyl (C=O) groups is 1. The molecular weight excluding hydrogens is 330 g/mol. The number of halogens is 1. The van der Waals surface area contributed by atoms with Crippen molar-refractivity contribution >= 4 is 32.6 Å². The van der Waals surface area contributed by atoms with Gasteiger partial charge in [0.25, 0.3) is 5.91 Å². The molecule has 0 fully saturated rings. The summed E-state index contributed by atoms with van der Waals surface area (Å²) in [6.07, 6.45) is 2.00. The number of rotatable bonds is 6.